The van der Waals surface area contributed by atoms with E-state index in [-0.39, 0.29) is 11.7 Å². The third kappa shape index (κ3) is 3.58. The van der Waals surface area contributed by atoms with Crippen molar-refractivity contribution in [2.24, 2.45) is 0 Å². The Morgan fingerprint density at radius 1 is 1.35 bits per heavy atom. The van der Waals surface area contributed by atoms with Crippen LogP contribution in [-0.4, -0.2) is 52.3 Å². The average Bonchev–Trinajstić information content (AvgIpc) is 3.50. The number of carbonyl (C=O) groups is 1. The number of aromatic nitrogens is 3. The third-order valence-corrected chi connectivity index (χ3v) is 6.79. The molecule has 8 heteroatoms. The van der Waals surface area contributed by atoms with Gasteiger partial charge in [-0.15, -0.1) is 0 Å². The molecule has 2 N–H and O–H groups in total. The van der Waals surface area contributed by atoms with Crippen LogP contribution in [0, 0.1) is 12.7 Å². The quantitative estimate of drug-likeness (QED) is 0.426. The molecule has 2 atom stereocenters. The molecule has 1 aliphatic heterocycles. The fourth-order valence-corrected chi connectivity index (χ4v) is 5.29. The van der Waals surface area contributed by atoms with Crippen LogP contribution in [0.1, 0.15) is 43.0 Å². The van der Waals surface area contributed by atoms with Gasteiger partial charge in [-0.05, 0) is 54.8 Å². The van der Waals surface area contributed by atoms with Crippen molar-refractivity contribution in [3.05, 3.63) is 59.2 Å². The van der Waals surface area contributed by atoms with Gasteiger partial charge in [0, 0.05) is 40.6 Å². The number of aliphatic carboxylic acids is 1. The Morgan fingerprint density at radius 2 is 2.15 bits per heavy atom. The summed E-state index contributed by atoms with van der Waals surface area (Å²) >= 11 is 0. The van der Waals surface area contributed by atoms with Crippen LogP contribution in [-0.2, 0) is 19.7 Å². The van der Waals surface area contributed by atoms with Crippen LogP contribution in [0.15, 0.2) is 36.5 Å². The summed E-state index contributed by atoms with van der Waals surface area (Å²) in [5, 5.41) is 18.7. The maximum absolute atomic E-state index is 14.2. The molecule has 0 bridgehead atoms. The van der Waals surface area contributed by atoms with Crippen LogP contribution in [0.25, 0.3) is 27.5 Å². The molecule has 4 aromatic rings. The van der Waals surface area contributed by atoms with Crippen LogP contribution in [0.5, 0.6) is 0 Å². The first-order valence-corrected chi connectivity index (χ1v) is 11.3. The summed E-state index contributed by atoms with van der Waals surface area (Å²) < 4.78 is 27.7. The van der Waals surface area contributed by atoms with E-state index in [9.17, 15) is 14.3 Å². The number of nitrogens with zero attached hydrogens (tertiary/aromatic N) is 2. The SMILES string of the molecule is COCC(C)(C)c1c([C@@H]2CO[C@@H](C(=O)O)C2)c2cc3[nH]ncc3cc2n1-c1ccc(F)c(C)c1. The van der Waals surface area contributed by atoms with Gasteiger partial charge in [0.1, 0.15) is 5.82 Å². The van der Waals surface area contributed by atoms with Crippen molar-refractivity contribution in [1.82, 2.24) is 14.8 Å². The number of benzene rings is 2. The maximum atomic E-state index is 14.2. The number of nitrogens with one attached hydrogen (secondary N) is 1. The van der Waals surface area contributed by atoms with Crippen LogP contribution in [0.3, 0.4) is 0 Å². The largest absolute Gasteiger partial charge is 0.479 e. The van der Waals surface area contributed by atoms with Crippen LogP contribution < -0.4 is 0 Å². The molecule has 2 aromatic heterocycles. The number of fused-ring (bicyclic) bond motifs is 2. The molecule has 3 heterocycles. The number of H-pyrrole nitrogens is 1. The molecule has 34 heavy (non-hydrogen) atoms. The lowest BCUT2D eigenvalue weighted by Crippen LogP contribution is -2.29. The minimum atomic E-state index is -0.950. The lowest BCUT2D eigenvalue weighted by Gasteiger charge is -2.29. The Kier molecular flexibility index (Phi) is 5.45. The molecule has 1 aliphatic rings. The van der Waals surface area contributed by atoms with Crippen molar-refractivity contribution in [2.75, 3.05) is 20.3 Å². The molecule has 7 nitrogen and oxygen atoms in total. The minimum Gasteiger partial charge on any atom is -0.479 e. The Bertz CT molecular complexity index is 1400. The molecule has 0 unspecified atom stereocenters. The molecule has 0 radical (unpaired) electrons. The Balaban J connectivity index is 1.88. The van der Waals surface area contributed by atoms with Gasteiger partial charge in [0.05, 0.1) is 30.4 Å². The normalized spacial score (nSPS) is 18.9. The molecule has 178 valence electrons. The van der Waals surface area contributed by atoms with E-state index in [0.29, 0.717) is 25.2 Å². The van der Waals surface area contributed by atoms with E-state index >= 15 is 0 Å². The number of aromatic amines is 1. The van der Waals surface area contributed by atoms with E-state index in [1.807, 2.05) is 6.07 Å². The molecule has 0 spiro atoms. The Morgan fingerprint density at radius 3 is 2.82 bits per heavy atom. The van der Waals surface area contributed by atoms with Crippen LogP contribution in [0.4, 0.5) is 4.39 Å². The van der Waals surface area contributed by atoms with Crippen molar-refractivity contribution in [3.8, 4) is 5.69 Å². The number of hydrogen-bond donors (Lipinski definition) is 2. The second-order valence-corrected chi connectivity index (χ2v) is 9.77. The molecule has 5 rings (SSSR count). The predicted octanol–water partition coefficient (Wildman–Crippen LogP) is 4.84. The summed E-state index contributed by atoms with van der Waals surface area (Å²) in [6.45, 7) is 6.74. The Hall–Kier alpha value is -3.23. The van der Waals surface area contributed by atoms with Gasteiger partial charge in [0.25, 0.3) is 0 Å². The Labute approximate surface area is 196 Å². The summed E-state index contributed by atoms with van der Waals surface area (Å²) in [5.74, 6) is -1.32. The maximum Gasteiger partial charge on any atom is 0.332 e. The number of hydrogen-bond acceptors (Lipinski definition) is 4. The number of aryl methyl sites for hydroxylation is 1. The van der Waals surface area contributed by atoms with Crippen LogP contribution >= 0.6 is 0 Å². The molecule has 2 aromatic carbocycles. The number of ether oxygens (including phenoxy) is 2. The first kappa shape index (κ1) is 22.6. The van der Waals surface area contributed by atoms with E-state index in [4.69, 9.17) is 9.47 Å². The zero-order chi connectivity index (χ0) is 24.2. The zero-order valence-corrected chi connectivity index (χ0v) is 19.7. The topological polar surface area (TPSA) is 89.4 Å². The molecular weight excluding hydrogens is 437 g/mol. The average molecular weight is 466 g/mol. The van der Waals surface area contributed by atoms with Gasteiger partial charge in [-0.1, -0.05) is 13.8 Å². The first-order valence-electron chi connectivity index (χ1n) is 11.3. The highest BCUT2D eigenvalue weighted by molar-refractivity contribution is 5.99. The summed E-state index contributed by atoms with van der Waals surface area (Å²) in [5.41, 5.74) is 4.86. The predicted molar refractivity (Wildman–Crippen MR) is 127 cm³/mol. The second-order valence-electron chi connectivity index (χ2n) is 9.77. The molecule has 0 saturated carbocycles. The van der Waals surface area contributed by atoms with Gasteiger partial charge in [0.2, 0.25) is 0 Å². The van der Waals surface area contributed by atoms with Crippen molar-refractivity contribution in [2.45, 2.75) is 44.6 Å². The lowest BCUT2D eigenvalue weighted by atomic mass is 9.82. The number of methoxy groups -OCH3 is 1. The number of halogens is 1. The van der Waals surface area contributed by atoms with Crippen molar-refractivity contribution < 1.29 is 23.8 Å². The molecule has 1 fully saturated rings. The highest BCUT2D eigenvalue weighted by Gasteiger charge is 2.39. The smallest absolute Gasteiger partial charge is 0.332 e. The highest BCUT2D eigenvalue weighted by Crippen LogP contribution is 2.45. The van der Waals surface area contributed by atoms with Gasteiger partial charge in [-0.25, -0.2) is 9.18 Å². The summed E-state index contributed by atoms with van der Waals surface area (Å²) in [4.78, 5) is 11.7. The second kappa shape index (κ2) is 8.21. The van der Waals surface area contributed by atoms with E-state index in [1.165, 1.54) is 6.07 Å². The minimum absolute atomic E-state index is 0.113. The van der Waals surface area contributed by atoms with E-state index in [0.717, 1.165) is 38.8 Å². The molecule has 0 amide bonds. The van der Waals surface area contributed by atoms with Gasteiger partial charge in [-0.2, -0.15) is 5.10 Å². The zero-order valence-electron chi connectivity index (χ0n) is 19.7. The standard InChI is InChI=1S/C26H28FN3O4/c1-14-7-17(5-6-19(14)27)30-21-8-15-11-28-29-20(15)10-18(21)23(24(30)26(2,3)13-33-4)16-9-22(25(31)32)34-12-16/h5-8,10-11,16,22H,9,12-13H2,1-4H3,(H,28,29)(H,31,32)/t16-,22+/m0/s1. The van der Waals surface area contributed by atoms with Crippen molar-refractivity contribution in [1.29, 1.82) is 0 Å². The van der Waals surface area contributed by atoms with E-state index in [2.05, 4.69) is 40.7 Å². The van der Waals surface area contributed by atoms with Crippen molar-refractivity contribution >= 4 is 27.8 Å². The van der Waals surface area contributed by atoms with Gasteiger partial charge >= 0.3 is 5.97 Å². The van der Waals surface area contributed by atoms with Gasteiger partial charge in [0.15, 0.2) is 6.10 Å². The summed E-state index contributed by atoms with van der Waals surface area (Å²) in [6, 6.07) is 9.25. The molecule has 1 saturated heterocycles. The van der Waals surface area contributed by atoms with Gasteiger partial charge < -0.3 is 19.1 Å². The summed E-state index contributed by atoms with van der Waals surface area (Å²) in [6.07, 6.45) is 1.32. The fraction of sp³-hybridized carbons (Fsp3) is 0.385. The molecular formula is C26H28FN3O4. The number of carboxylic acid groups (broad SMARTS) is 1. The van der Waals surface area contributed by atoms with Crippen molar-refractivity contribution in [3.63, 3.8) is 0 Å². The monoisotopic (exact) mass is 465 g/mol. The van der Waals surface area contributed by atoms with Crippen LogP contribution in [0.2, 0.25) is 0 Å². The summed E-state index contributed by atoms with van der Waals surface area (Å²) in [7, 11) is 1.67. The fourth-order valence-electron chi connectivity index (χ4n) is 5.29. The van der Waals surface area contributed by atoms with E-state index in [1.54, 1.807) is 26.3 Å². The highest BCUT2D eigenvalue weighted by atomic mass is 19.1. The lowest BCUT2D eigenvalue weighted by molar-refractivity contribution is -0.147. The third-order valence-electron chi connectivity index (χ3n) is 6.79. The number of carboxylic acids is 1. The number of rotatable bonds is 6. The van der Waals surface area contributed by atoms with Gasteiger partial charge in [-0.3, -0.25) is 5.10 Å². The van der Waals surface area contributed by atoms with E-state index < -0.39 is 17.5 Å². The molecule has 0 aliphatic carbocycles. The first-order chi connectivity index (χ1) is 16.2.